The van der Waals surface area contributed by atoms with Crippen molar-refractivity contribution in [2.24, 2.45) is 5.92 Å². The summed E-state index contributed by atoms with van der Waals surface area (Å²) in [5, 5.41) is 0. The normalized spacial score (nSPS) is 18.3. The summed E-state index contributed by atoms with van der Waals surface area (Å²) in [4.78, 5) is 18.3. The minimum atomic E-state index is -0.436. The number of hydrogen-bond acceptors (Lipinski definition) is 4. The number of rotatable bonds is 5. The number of nitrogens with zero attached hydrogens (tertiary/aromatic N) is 2. The second-order valence-electron chi connectivity index (χ2n) is 7.22. The lowest BCUT2D eigenvalue weighted by Crippen LogP contribution is -2.42. The zero-order valence-corrected chi connectivity index (χ0v) is 16.3. The SMILES string of the molecule is CC(C)(C)OC(=O)N1CCC[C@H](CCCOc2cccc(Br)n2)C1. The number of amides is 1. The van der Waals surface area contributed by atoms with Gasteiger partial charge in [0.2, 0.25) is 5.88 Å². The van der Waals surface area contributed by atoms with Crippen molar-refractivity contribution in [1.82, 2.24) is 9.88 Å². The summed E-state index contributed by atoms with van der Waals surface area (Å²) in [5.74, 6) is 1.16. The Balaban J connectivity index is 1.70. The Morgan fingerprint density at radius 3 is 2.92 bits per heavy atom. The van der Waals surface area contributed by atoms with Crippen molar-refractivity contribution in [3.05, 3.63) is 22.8 Å². The van der Waals surface area contributed by atoms with E-state index in [-0.39, 0.29) is 6.09 Å². The molecular formula is C18H27BrN2O3. The summed E-state index contributed by atoms with van der Waals surface area (Å²) in [5.41, 5.74) is -0.436. The van der Waals surface area contributed by atoms with E-state index in [1.807, 2.05) is 43.9 Å². The molecule has 2 heterocycles. The van der Waals surface area contributed by atoms with Crippen LogP contribution in [-0.2, 0) is 4.74 Å². The highest BCUT2D eigenvalue weighted by molar-refractivity contribution is 9.10. The maximum Gasteiger partial charge on any atom is 0.410 e. The molecule has 0 N–H and O–H groups in total. The van der Waals surface area contributed by atoms with Crippen LogP contribution in [0, 0.1) is 5.92 Å². The van der Waals surface area contributed by atoms with Gasteiger partial charge in [0, 0.05) is 19.2 Å². The Labute approximate surface area is 152 Å². The quantitative estimate of drug-likeness (QED) is 0.534. The average Bonchev–Trinajstić information content (AvgIpc) is 2.50. The predicted octanol–water partition coefficient (Wildman–Crippen LogP) is 4.65. The second-order valence-corrected chi connectivity index (χ2v) is 8.04. The van der Waals surface area contributed by atoms with Crippen LogP contribution in [0.3, 0.4) is 0 Å². The molecule has 0 saturated carbocycles. The fraction of sp³-hybridized carbons (Fsp3) is 0.667. The molecule has 24 heavy (non-hydrogen) atoms. The van der Waals surface area contributed by atoms with Gasteiger partial charge >= 0.3 is 6.09 Å². The molecule has 5 nitrogen and oxygen atoms in total. The first-order valence-electron chi connectivity index (χ1n) is 8.57. The molecule has 1 aromatic heterocycles. The Kier molecular flexibility index (Phi) is 6.90. The van der Waals surface area contributed by atoms with E-state index in [2.05, 4.69) is 20.9 Å². The molecule has 0 unspecified atom stereocenters. The second kappa shape index (κ2) is 8.70. The van der Waals surface area contributed by atoms with Crippen LogP contribution in [0.4, 0.5) is 4.79 Å². The molecule has 0 bridgehead atoms. The highest BCUT2D eigenvalue weighted by atomic mass is 79.9. The Morgan fingerprint density at radius 2 is 2.21 bits per heavy atom. The van der Waals surface area contributed by atoms with Crippen molar-refractivity contribution in [2.75, 3.05) is 19.7 Å². The van der Waals surface area contributed by atoms with E-state index in [1.165, 1.54) is 0 Å². The fourth-order valence-corrected chi connectivity index (χ4v) is 3.14. The molecule has 1 fully saturated rings. The lowest BCUT2D eigenvalue weighted by molar-refractivity contribution is 0.0159. The molecule has 1 aromatic rings. The molecule has 1 atom stereocenters. The monoisotopic (exact) mass is 398 g/mol. The molecular weight excluding hydrogens is 372 g/mol. The van der Waals surface area contributed by atoms with Crippen LogP contribution in [0.2, 0.25) is 0 Å². The molecule has 0 spiro atoms. The van der Waals surface area contributed by atoms with Crippen molar-refractivity contribution >= 4 is 22.0 Å². The van der Waals surface area contributed by atoms with Gasteiger partial charge in [-0.25, -0.2) is 9.78 Å². The van der Waals surface area contributed by atoms with E-state index in [0.717, 1.165) is 43.4 Å². The van der Waals surface area contributed by atoms with Crippen LogP contribution in [0.1, 0.15) is 46.5 Å². The lowest BCUT2D eigenvalue weighted by atomic mass is 9.94. The van der Waals surface area contributed by atoms with Gasteiger partial charge in [-0.15, -0.1) is 0 Å². The first-order valence-corrected chi connectivity index (χ1v) is 9.36. The van der Waals surface area contributed by atoms with Gasteiger partial charge in [-0.1, -0.05) is 6.07 Å². The van der Waals surface area contributed by atoms with Crippen LogP contribution in [0.25, 0.3) is 0 Å². The van der Waals surface area contributed by atoms with E-state index in [4.69, 9.17) is 9.47 Å². The highest BCUT2D eigenvalue weighted by Crippen LogP contribution is 2.23. The van der Waals surface area contributed by atoms with Gasteiger partial charge in [-0.05, 0) is 74.4 Å². The van der Waals surface area contributed by atoms with Gasteiger partial charge in [-0.2, -0.15) is 0 Å². The van der Waals surface area contributed by atoms with Crippen molar-refractivity contribution in [3.8, 4) is 5.88 Å². The van der Waals surface area contributed by atoms with Crippen LogP contribution in [-0.4, -0.2) is 41.3 Å². The van der Waals surface area contributed by atoms with Crippen LogP contribution >= 0.6 is 15.9 Å². The number of likely N-dealkylation sites (tertiary alicyclic amines) is 1. The Bertz CT molecular complexity index is 545. The summed E-state index contributed by atoms with van der Waals surface area (Å²) in [6.45, 7) is 7.93. The van der Waals surface area contributed by atoms with Gasteiger partial charge in [0.25, 0.3) is 0 Å². The summed E-state index contributed by atoms with van der Waals surface area (Å²) >= 11 is 3.33. The van der Waals surface area contributed by atoms with Crippen molar-refractivity contribution in [2.45, 2.75) is 52.1 Å². The predicted molar refractivity (Wildman–Crippen MR) is 97.2 cm³/mol. The van der Waals surface area contributed by atoms with E-state index < -0.39 is 5.60 Å². The molecule has 6 heteroatoms. The van der Waals surface area contributed by atoms with Crippen molar-refractivity contribution in [1.29, 1.82) is 0 Å². The first-order chi connectivity index (χ1) is 11.3. The summed E-state index contributed by atoms with van der Waals surface area (Å²) in [7, 11) is 0. The zero-order valence-electron chi connectivity index (χ0n) is 14.8. The molecule has 1 aliphatic heterocycles. The largest absolute Gasteiger partial charge is 0.478 e. The number of pyridine rings is 1. The standard InChI is InChI=1S/C18H27BrN2O3/c1-18(2,3)24-17(22)21-11-5-7-14(13-21)8-6-12-23-16-10-4-9-15(19)20-16/h4,9-10,14H,5-8,11-13H2,1-3H3/t14-/m1/s1. The smallest absolute Gasteiger partial charge is 0.410 e. The third kappa shape index (κ3) is 6.67. The fourth-order valence-electron chi connectivity index (χ4n) is 2.81. The first kappa shape index (κ1) is 19.0. The maximum absolute atomic E-state index is 12.2. The molecule has 1 amide bonds. The minimum absolute atomic E-state index is 0.193. The summed E-state index contributed by atoms with van der Waals surface area (Å²) in [6, 6.07) is 5.64. The maximum atomic E-state index is 12.2. The number of carbonyl (C=O) groups excluding carboxylic acids is 1. The number of piperidine rings is 1. The van der Waals surface area contributed by atoms with Gasteiger partial charge in [-0.3, -0.25) is 0 Å². The van der Waals surface area contributed by atoms with Gasteiger partial charge in [0.15, 0.2) is 0 Å². The Hall–Kier alpha value is -1.30. The summed E-state index contributed by atoms with van der Waals surface area (Å²) < 4.78 is 11.9. The van der Waals surface area contributed by atoms with Crippen LogP contribution in [0.15, 0.2) is 22.8 Å². The van der Waals surface area contributed by atoms with Gasteiger partial charge < -0.3 is 14.4 Å². The zero-order chi connectivity index (χ0) is 17.6. The average molecular weight is 399 g/mol. The van der Waals surface area contributed by atoms with Gasteiger partial charge in [0.05, 0.1) is 6.61 Å². The molecule has 0 aromatic carbocycles. The highest BCUT2D eigenvalue weighted by Gasteiger charge is 2.27. The molecule has 1 aliphatic rings. The third-order valence-corrected chi connectivity index (χ3v) is 4.31. The van der Waals surface area contributed by atoms with Crippen LogP contribution < -0.4 is 4.74 Å². The molecule has 2 rings (SSSR count). The minimum Gasteiger partial charge on any atom is -0.478 e. The number of aromatic nitrogens is 1. The number of ether oxygens (including phenoxy) is 2. The summed E-state index contributed by atoms with van der Waals surface area (Å²) in [6.07, 6.45) is 4.02. The number of halogens is 1. The molecule has 0 radical (unpaired) electrons. The van der Waals surface area contributed by atoms with E-state index in [0.29, 0.717) is 18.4 Å². The Morgan fingerprint density at radius 1 is 1.42 bits per heavy atom. The third-order valence-electron chi connectivity index (χ3n) is 3.87. The number of carbonyl (C=O) groups is 1. The van der Waals surface area contributed by atoms with E-state index in [1.54, 1.807) is 0 Å². The van der Waals surface area contributed by atoms with Crippen LogP contribution in [0.5, 0.6) is 5.88 Å². The van der Waals surface area contributed by atoms with Crippen molar-refractivity contribution < 1.29 is 14.3 Å². The van der Waals surface area contributed by atoms with Crippen molar-refractivity contribution in [3.63, 3.8) is 0 Å². The van der Waals surface area contributed by atoms with Gasteiger partial charge in [0.1, 0.15) is 10.2 Å². The topological polar surface area (TPSA) is 51.7 Å². The number of hydrogen-bond donors (Lipinski definition) is 0. The molecule has 0 aliphatic carbocycles. The molecule has 134 valence electrons. The van der Waals surface area contributed by atoms with E-state index >= 15 is 0 Å². The molecule has 1 saturated heterocycles. The van der Waals surface area contributed by atoms with E-state index in [9.17, 15) is 4.79 Å². The lowest BCUT2D eigenvalue weighted by Gasteiger charge is -2.34.